The number of hydrogen-bond acceptors (Lipinski definition) is 6. The number of ether oxygens (including phenoxy) is 2. The highest BCUT2D eigenvalue weighted by Gasteiger charge is 2.28. The Kier molecular flexibility index (Phi) is 5.55. The van der Waals surface area contributed by atoms with Crippen molar-refractivity contribution in [3.05, 3.63) is 30.0 Å². The molecule has 1 aromatic carbocycles. The van der Waals surface area contributed by atoms with Gasteiger partial charge in [0.1, 0.15) is 11.8 Å². The fraction of sp³-hybridized carbons (Fsp3) is 0.435. The number of imidazole rings is 1. The SMILES string of the molecule is Cn1cc(C(=O)N2CCOCC2)c(O)c1-c1nc2cc(NC(=O)[C@@H]3CCCO3)ccc2n1C. The van der Waals surface area contributed by atoms with Crippen LogP contribution in [0, 0.1) is 0 Å². The van der Waals surface area contributed by atoms with Crippen molar-refractivity contribution in [2.75, 3.05) is 38.2 Å². The van der Waals surface area contributed by atoms with E-state index in [9.17, 15) is 14.7 Å². The van der Waals surface area contributed by atoms with Gasteiger partial charge in [-0.2, -0.15) is 0 Å². The van der Waals surface area contributed by atoms with Crippen molar-refractivity contribution in [3.63, 3.8) is 0 Å². The molecule has 0 saturated carbocycles. The third-order valence-electron chi connectivity index (χ3n) is 6.27. The van der Waals surface area contributed by atoms with Crippen molar-refractivity contribution < 1.29 is 24.2 Å². The lowest BCUT2D eigenvalue weighted by atomic mass is 10.2. The number of amides is 2. The molecule has 0 unspecified atom stereocenters. The molecule has 2 aromatic heterocycles. The largest absolute Gasteiger partial charge is 0.505 e. The first-order chi connectivity index (χ1) is 15.9. The highest BCUT2D eigenvalue weighted by atomic mass is 16.5. The number of anilines is 1. The minimum absolute atomic E-state index is 0.0979. The molecule has 2 aliphatic rings. The molecule has 3 aromatic rings. The predicted molar refractivity (Wildman–Crippen MR) is 121 cm³/mol. The predicted octanol–water partition coefficient (Wildman–Crippen LogP) is 1.87. The molecule has 0 radical (unpaired) electrons. The molecule has 10 nitrogen and oxygen atoms in total. The van der Waals surface area contributed by atoms with E-state index in [4.69, 9.17) is 14.5 Å². The van der Waals surface area contributed by atoms with E-state index in [-0.39, 0.29) is 23.1 Å². The normalized spacial score (nSPS) is 18.7. The van der Waals surface area contributed by atoms with Crippen molar-refractivity contribution in [1.82, 2.24) is 19.0 Å². The first kappa shape index (κ1) is 21.5. The Labute approximate surface area is 190 Å². The van der Waals surface area contributed by atoms with Gasteiger partial charge in [-0.25, -0.2) is 4.98 Å². The number of nitrogens with one attached hydrogen (secondary N) is 1. The Morgan fingerprint density at radius 1 is 1.18 bits per heavy atom. The van der Waals surface area contributed by atoms with Crippen LogP contribution in [-0.4, -0.2) is 75.0 Å². The Morgan fingerprint density at radius 2 is 1.97 bits per heavy atom. The van der Waals surface area contributed by atoms with Crippen molar-refractivity contribution in [2.45, 2.75) is 18.9 Å². The van der Waals surface area contributed by atoms with Gasteiger partial charge in [-0.1, -0.05) is 0 Å². The first-order valence-corrected chi connectivity index (χ1v) is 11.1. The number of rotatable bonds is 4. The molecule has 2 amide bonds. The Bertz CT molecular complexity index is 1220. The summed E-state index contributed by atoms with van der Waals surface area (Å²) in [5.74, 6) is 0.0397. The number of morpholine rings is 1. The first-order valence-electron chi connectivity index (χ1n) is 11.1. The van der Waals surface area contributed by atoms with Gasteiger partial charge in [0.25, 0.3) is 11.8 Å². The second-order valence-electron chi connectivity index (χ2n) is 8.44. The highest BCUT2D eigenvalue weighted by Crippen LogP contribution is 2.35. The third-order valence-corrected chi connectivity index (χ3v) is 6.27. The fourth-order valence-corrected chi connectivity index (χ4v) is 4.47. The fourth-order valence-electron chi connectivity index (χ4n) is 4.47. The molecule has 4 heterocycles. The summed E-state index contributed by atoms with van der Waals surface area (Å²) < 4.78 is 14.3. The van der Waals surface area contributed by atoms with Gasteiger partial charge in [-0.15, -0.1) is 0 Å². The Hall–Kier alpha value is -3.37. The Balaban J connectivity index is 1.46. The lowest BCUT2D eigenvalue weighted by Gasteiger charge is -2.26. The van der Waals surface area contributed by atoms with Crippen LogP contribution in [0.25, 0.3) is 22.6 Å². The maximum Gasteiger partial charge on any atom is 0.259 e. The lowest BCUT2D eigenvalue weighted by molar-refractivity contribution is -0.124. The quantitative estimate of drug-likeness (QED) is 0.624. The van der Waals surface area contributed by atoms with Gasteiger partial charge in [0.05, 0.1) is 29.8 Å². The van der Waals surface area contributed by atoms with Crippen molar-refractivity contribution >= 4 is 28.5 Å². The van der Waals surface area contributed by atoms with E-state index in [2.05, 4.69) is 5.32 Å². The minimum Gasteiger partial charge on any atom is -0.505 e. The third kappa shape index (κ3) is 3.85. The van der Waals surface area contributed by atoms with Crippen LogP contribution in [0.15, 0.2) is 24.4 Å². The van der Waals surface area contributed by atoms with Crippen LogP contribution in [-0.2, 0) is 28.4 Å². The summed E-state index contributed by atoms with van der Waals surface area (Å²) in [5.41, 5.74) is 2.83. The minimum atomic E-state index is -0.414. The Morgan fingerprint density at radius 3 is 2.70 bits per heavy atom. The number of aromatic hydroxyl groups is 1. The number of aromatic nitrogens is 3. The average Bonchev–Trinajstić information content (AvgIpc) is 3.53. The molecular weight excluding hydrogens is 426 g/mol. The number of fused-ring (bicyclic) bond motifs is 1. The molecule has 2 fully saturated rings. The second-order valence-corrected chi connectivity index (χ2v) is 8.44. The van der Waals surface area contributed by atoms with Gasteiger partial charge in [0.2, 0.25) is 0 Å². The molecule has 2 aliphatic heterocycles. The van der Waals surface area contributed by atoms with E-state index in [1.165, 1.54) is 0 Å². The maximum atomic E-state index is 13.0. The summed E-state index contributed by atoms with van der Waals surface area (Å²) in [7, 11) is 3.63. The zero-order valence-electron chi connectivity index (χ0n) is 18.7. The number of carbonyl (C=O) groups is 2. The van der Waals surface area contributed by atoms with E-state index in [0.717, 1.165) is 18.4 Å². The van der Waals surface area contributed by atoms with E-state index in [0.29, 0.717) is 55.6 Å². The summed E-state index contributed by atoms with van der Waals surface area (Å²) in [6.45, 7) is 2.58. The molecule has 0 aliphatic carbocycles. The second kappa shape index (κ2) is 8.53. The van der Waals surface area contributed by atoms with Gasteiger partial charge >= 0.3 is 0 Å². The van der Waals surface area contributed by atoms with E-state index >= 15 is 0 Å². The van der Waals surface area contributed by atoms with Crippen molar-refractivity contribution in [2.24, 2.45) is 14.1 Å². The molecule has 1 atom stereocenters. The van der Waals surface area contributed by atoms with Crippen LogP contribution in [0.4, 0.5) is 5.69 Å². The van der Waals surface area contributed by atoms with Gasteiger partial charge in [0.15, 0.2) is 11.6 Å². The van der Waals surface area contributed by atoms with Crippen LogP contribution < -0.4 is 5.32 Å². The topological polar surface area (TPSA) is 111 Å². The number of hydrogen-bond donors (Lipinski definition) is 2. The van der Waals surface area contributed by atoms with Crippen molar-refractivity contribution in [1.29, 1.82) is 0 Å². The number of carbonyl (C=O) groups excluding carboxylic acids is 2. The van der Waals surface area contributed by atoms with Crippen LogP contribution in [0.1, 0.15) is 23.2 Å². The van der Waals surface area contributed by atoms with Crippen LogP contribution >= 0.6 is 0 Å². The monoisotopic (exact) mass is 453 g/mol. The zero-order valence-corrected chi connectivity index (χ0v) is 18.7. The smallest absolute Gasteiger partial charge is 0.259 e. The van der Waals surface area contributed by atoms with Crippen LogP contribution in [0.2, 0.25) is 0 Å². The molecule has 174 valence electrons. The molecule has 2 N–H and O–H groups in total. The summed E-state index contributed by atoms with van der Waals surface area (Å²) in [5, 5.41) is 13.9. The summed E-state index contributed by atoms with van der Waals surface area (Å²) in [6.07, 6.45) is 2.83. The molecule has 0 bridgehead atoms. The van der Waals surface area contributed by atoms with Gasteiger partial charge in [-0.05, 0) is 31.0 Å². The van der Waals surface area contributed by atoms with Gasteiger partial charge in [0, 0.05) is 45.7 Å². The summed E-state index contributed by atoms with van der Waals surface area (Å²) in [6, 6.07) is 5.49. The lowest BCUT2D eigenvalue weighted by Crippen LogP contribution is -2.40. The van der Waals surface area contributed by atoms with Crippen molar-refractivity contribution in [3.8, 4) is 17.3 Å². The molecule has 10 heteroatoms. The van der Waals surface area contributed by atoms with E-state index in [1.807, 2.05) is 23.7 Å². The standard InChI is InChI=1S/C23H27N5O5/c1-26-13-15(23(31)28-7-10-32-11-8-28)20(29)19(26)21-25-16-12-14(5-6-17(16)27(21)2)24-22(30)18-4-3-9-33-18/h5-6,12-13,18,29H,3-4,7-11H2,1-2H3,(H,24,30)/t18-/m0/s1. The maximum absolute atomic E-state index is 13.0. The van der Waals surface area contributed by atoms with E-state index in [1.54, 1.807) is 28.8 Å². The molecule has 0 spiro atoms. The van der Waals surface area contributed by atoms with Gasteiger partial charge in [-0.3, -0.25) is 9.59 Å². The molecule has 2 saturated heterocycles. The van der Waals surface area contributed by atoms with Crippen LogP contribution in [0.5, 0.6) is 5.75 Å². The van der Waals surface area contributed by atoms with Crippen LogP contribution in [0.3, 0.4) is 0 Å². The molecule has 5 rings (SSSR count). The number of nitrogens with zero attached hydrogens (tertiary/aromatic N) is 4. The number of benzene rings is 1. The average molecular weight is 453 g/mol. The van der Waals surface area contributed by atoms with E-state index < -0.39 is 6.10 Å². The highest BCUT2D eigenvalue weighted by molar-refractivity contribution is 6.00. The number of aryl methyl sites for hydroxylation is 2. The summed E-state index contributed by atoms with van der Waals surface area (Å²) in [4.78, 5) is 31.7. The molecule has 33 heavy (non-hydrogen) atoms. The molecular formula is C23H27N5O5. The zero-order chi connectivity index (χ0) is 23.1. The van der Waals surface area contributed by atoms with Gasteiger partial charge < -0.3 is 33.9 Å². The summed E-state index contributed by atoms with van der Waals surface area (Å²) >= 11 is 0.